The number of para-hydroxylation sites is 1. The highest BCUT2D eigenvalue weighted by Gasteiger charge is 2.23. The average Bonchev–Trinajstić information content (AvgIpc) is 2.47. The number of halogens is 1. The van der Waals surface area contributed by atoms with E-state index in [1.165, 1.54) is 5.56 Å². The van der Waals surface area contributed by atoms with Crippen LogP contribution in [0.3, 0.4) is 0 Å². The minimum Gasteiger partial charge on any atom is -0.493 e. The number of rotatable bonds is 3. The Kier molecular flexibility index (Phi) is 4.03. The first-order chi connectivity index (χ1) is 9.74. The molecule has 2 N–H and O–H groups in total. The SMILES string of the molecule is NC(CC1CCOc2ccccc21)c1cncc(Br)c1. The van der Waals surface area contributed by atoms with Gasteiger partial charge in [-0.3, -0.25) is 4.98 Å². The van der Waals surface area contributed by atoms with Gasteiger partial charge >= 0.3 is 0 Å². The molecule has 1 aromatic heterocycles. The van der Waals surface area contributed by atoms with Crippen LogP contribution in [0.4, 0.5) is 0 Å². The monoisotopic (exact) mass is 332 g/mol. The molecule has 2 heterocycles. The predicted octanol–water partition coefficient (Wildman–Crippen LogP) is 3.80. The van der Waals surface area contributed by atoms with E-state index >= 15 is 0 Å². The van der Waals surface area contributed by atoms with E-state index in [4.69, 9.17) is 10.5 Å². The minimum absolute atomic E-state index is 0.00356. The van der Waals surface area contributed by atoms with Gasteiger partial charge in [0.05, 0.1) is 6.61 Å². The predicted molar refractivity (Wildman–Crippen MR) is 82.8 cm³/mol. The Morgan fingerprint density at radius 2 is 2.20 bits per heavy atom. The van der Waals surface area contributed by atoms with Gasteiger partial charge in [-0.15, -0.1) is 0 Å². The van der Waals surface area contributed by atoms with Crippen LogP contribution in [0.1, 0.15) is 35.9 Å². The molecule has 0 radical (unpaired) electrons. The third kappa shape index (κ3) is 2.86. The van der Waals surface area contributed by atoms with Crippen molar-refractivity contribution in [1.82, 2.24) is 4.98 Å². The van der Waals surface area contributed by atoms with Crippen molar-refractivity contribution in [1.29, 1.82) is 0 Å². The first-order valence-corrected chi connectivity index (χ1v) is 7.61. The topological polar surface area (TPSA) is 48.1 Å². The summed E-state index contributed by atoms with van der Waals surface area (Å²) in [4.78, 5) is 4.19. The zero-order chi connectivity index (χ0) is 13.9. The van der Waals surface area contributed by atoms with Gasteiger partial charge in [0, 0.05) is 22.9 Å². The second-order valence-corrected chi connectivity index (χ2v) is 6.07. The molecular weight excluding hydrogens is 316 g/mol. The Hall–Kier alpha value is -1.39. The van der Waals surface area contributed by atoms with Crippen LogP contribution >= 0.6 is 15.9 Å². The quantitative estimate of drug-likeness (QED) is 0.929. The number of benzene rings is 1. The molecule has 104 valence electrons. The maximum absolute atomic E-state index is 6.35. The second kappa shape index (κ2) is 5.94. The van der Waals surface area contributed by atoms with Crippen LogP contribution in [0.2, 0.25) is 0 Å². The molecule has 1 aliphatic heterocycles. The van der Waals surface area contributed by atoms with Crippen LogP contribution in [0.5, 0.6) is 5.75 Å². The lowest BCUT2D eigenvalue weighted by Gasteiger charge is -2.28. The highest BCUT2D eigenvalue weighted by Crippen LogP contribution is 2.38. The van der Waals surface area contributed by atoms with Crippen LogP contribution in [0.25, 0.3) is 0 Å². The highest BCUT2D eigenvalue weighted by molar-refractivity contribution is 9.10. The average molecular weight is 333 g/mol. The van der Waals surface area contributed by atoms with Crippen molar-refractivity contribution in [2.75, 3.05) is 6.61 Å². The molecule has 20 heavy (non-hydrogen) atoms. The van der Waals surface area contributed by atoms with Gasteiger partial charge in [0.1, 0.15) is 5.75 Å². The van der Waals surface area contributed by atoms with E-state index in [2.05, 4.69) is 33.0 Å². The normalized spacial score (nSPS) is 19.0. The van der Waals surface area contributed by atoms with Crippen LogP contribution in [-0.2, 0) is 0 Å². The summed E-state index contributed by atoms with van der Waals surface area (Å²) in [6, 6.07) is 10.3. The lowest BCUT2D eigenvalue weighted by Crippen LogP contribution is -2.20. The van der Waals surface area contributed by atoms with Crippen molar-refractivity contribution < 1.29 is 4.74 Å². The zero-order valence-corrected chi connectivity index (χ0v) is 12.7. The van der Waals surface area contributed by atoms with E-state index in [1.54, 1.807) is 6.20 Å². The molecular formula is C16H17BrN2O. The number of aromatic nitrogens is 1. The first-order valence-electron chi connectivity index (χ1n) is 6.82. The molecule has 0 bridgehead atoms. The fourth-order valence-corrected chi connectivity index (χ4v) is 3.12. The number of pyridine rings is 1. The van der Waals surface area contributed by atoms with Gasteiger partial charge < -0.3 is 10.5 Å². The highest BCUT2D eigenvalue weighted by atomic mass is 79.9. The Balaban J connectivity index is 1.79. The summed E-state index contributed by atoms with van der Waals surface area (Å²) in [6.07, 6.45) is 5.56. The van der Waals surface area contributed by atoms with E-state index in [0.717, 1.165) is 35.2 Å². The molecule has 1 aromatic carbocycles. The molecule has 3 nitrogen and oxygen atoms in total. The van der Waals surface area contributed by atoms with E-state index in [0.29, 0.717) is 5.92 Å². The molecule has 2 atom stereocenters. The van der Waals surface area contributed by atoms with Crippen molar-refractivity contribution in [3.8, 4) is 5.75 Å². The van der Waals surface area contributed by atoms with Gasteiger partial charge in [0.15, 0.2) is 0 Å². The molecule has 2 aromatic rings. The van der Waals surface area contributed by atoms with Crippen LogP contribution in [0, 0.1) is 0 Å². The summed E-state index contributed by atoms with van der Waals surface area (Å²) in [5.74, 6) is 1.46. The molecule has 0 saturated carbocycles. The van der Waals surface area contributed by atoms with E-state index in [1.807, 2.05) is 24.4 Å². The lowest BCUT2D eigenvalue weighted by atomic mass is 9.86. The number of ether oxygens (including phenoxy) is 1. The summed E-state index contributed by atoms with van der Waals surface area (Å²) in [5, 5.41) is 0. The number of nitrogens with zero attached hydrogens (tertiary/aromatic N) is 1. The van der Waals surface area contributed by atoms with Crippen molar-refractivity contribution in [3.05, 3.63) is 58.3 Å². The van der Waals surface area contributed by atoms with E-state index in [9.17, 15) is 0 Å². The van der Waals surface area contributed by atoms with Gasteiger partial charge in [0.2, 0.25) is 0 Å². The number of fused-ring (bicyclic) bond motifs is 1. The smallest absolute Gasteiger partial charge is 0.122 e. The van der Waals surface area contributed by atoms with Gasteiger partial charge in [-0.2, -0.15) is 0 Å². The fourth-order valence-electron chi connectivity index (χ4n) is 2.73. The Bertz CT molecular complexity index is 603. The third-order valence-corrected chi connectivity index (χ3v) is 4.21. The van der Waals surface area contributed by atoms with Crippen LogP contribution in [0.15, 0.2) is 47.2 Å². The van der Waals surface area contributed by atoms with E-state index in [-0.39, 0.29) is 6.04 Å². The molecule has 1 aliphatic rings. The molecule has 0 aliphatic carbocycles. The Labute approximate surface area is 127 Å². The second-order valence-electron chi connectivity index (χ2n) is 5.15. The lowest BCUT2D eigenvalue weighted by molar-refractivity contribution is 0.259. The maximum Gasteiger partial charge on any atom is 0.122 e. The molecule has 4 heteroatoms. The molecule has 2 unspecified atom stereocenters. The summed E-state index contributed by atoms with van der Waals surface area (Å²) in [7, 11) is 0. The number of hydrogen-bond acceptors (Lipinski definition) is 3. The van der Waals surface area contributed by atoms with Gasteiger partial charge in [-0.25, -0.2) is 0 Å². The Morgan fingerprint density at radius 3 is 3.05 bits per heavy atom. The number of nitrogens with two attached hydrogens (primary N) is 1. The molecule has 0 fully saturated rings. The molecule has 0 saturated heterocycles. The van der Waals surface area contributed by atoms with Gasteiger partial charge in [-0.1, -0.05) is 18.2 Å². The summed E-state index contributed by atoms with van der Waals surface area (Å²) >= 11 is 3.44. The fraction of sp³-hybridized carbons (Fsp3) is 0.312. The standard InChI is InChI=1S/C16H17BrN2O/c17-13-7-12(9-19-10-13)15(18)8-11-5-6-20-16-4-2-1-3-14(11)16/h1-4,7,9-11,15H,5-6,8,18H2. The van der Waals surface area contributed by atoms with Crippen molar-refractivity contribution in [3.63, 3.8) is 0 Å². The van der Waals surface area contributed by atoms with Gasteiger partial charge in [-0.05, 0) is 57.9 Å². The maximum atomic E-state index is 6.35. The van der Waals surface area contributed by atoms with Gasteiger partial charge in [0.25, 0.3) is 0 Å². The third-order valence-electron chi connectivity index (χ3n) is 3.78. The number of hydrogen-bond donors (Lipinski definition) is 1. The van der Waals surface area contributed by atoms with Crippen LogP contribution < -0.4 is 10.5 Å². The largest absolute Gasteiger partial charge is 0.493 e. The van der Waals surface area contributed by atoms with Crippen molar-refractivity contribution in [2.45, 2.75) is 24.8 Å². The van der Waals surface area contributed by atoms with Crippen LogP contribution in [-0.4, -0.2) is 11.6 Å². The summed E-state index contributed by atoms with van der Waals surface area (Å²) < 4.78 is 6.67. The molecule has 0 spiro atoms. The molecule has 0 amide bonds. The summed E-state index contributed by atoms with van der Waals surface area (Å²) in [6.45, 7) is 0.769. The van der Waals surface area contributed by atoms with Crippen molar-refractivity contribution in [2.24, 2.45) is 5.73 Å². The van der Waals surface area contributed by atoms with E-state index < -0.39 is 0 Å². The molecule has 3 rings (SSSR count). The van der Waals surface area contributed by atoms with Crippen molar-refractivity contribution >= 4 is 15.9 Å². The minimum atomic E-state index is -0.00356. The first kappa shape index (κ1) is 13.6. The Morgan fingerprint density at radius 1 is 1.35 bits per heavy atom. The zero-order valence-electron chi connectivity index (χ0n) is 11.1. The summed E-state index contributed by atoms with van der Waals surface area (Å²) in [5.41, 5.74) is 8.70.